The SMILES string of the molecule is Cc1ccc(-c2ccn(-c3ccc(C#N)cc3)n2)cc1. The standard InChI is InChI=1S/C17H13N3/c1-13-2-6-15(7-3-13)17-10-11-20(19-17)16-8-4-14(12-18)5-9-16/h2-11H,1H3. The van der Waals surface area contributed by atoms with Gasteiger partial charge in [0.1, 0.15) is 0 Å². The van der Waals surface area contributed by atoms with Gasteiger partial charge in [-0.05, 0) is 37.3 Å². The van der Waals surface area contributed by atoms with Crippen molar-refractivity contribution in [2.75, 3.05) is 0 Å². The van der Waals surface area contributed by atoms with Gasteiger partial charge in [0.05, 0.1) is 23.0 Å². The smallest absolute Gasteiger partial charge is 0.0991 e. The first-order chi connectivity index (χ1) is 9.76. The van der Waals surface area contributed by atoms with E-state index in [4.69, 9.17) is 5.26 Å². The third-order valence-corrected chi connectivity index (χ3v) is 3.20. The van der Waals surface area contributed by atoms with Crippen molar-refractivity contribution in [1.82, 2.24) is 9.78 Å². The zero-order chi connectivity index (χ0) is 13.9. The lowest BCUT2D eigenvalue weighted by molar-refractivity contribution is 0.884. The Balaban J connectivity index is 1.93. The van der Waals surface area contributed by atoms with Gasteiger partial charge in [-0.1, -0.05) is 29.8 Å². The van der Waals surface area contributed by atoms with E-state index >= 15 is 0 Å². The summed E-state index contributed by atoms with van der Waals surface area (Å²) in [4.78, 5) is 0. The van der Waals surface area contributed by atoms with E-state index in [-0.39, 0.29) is 0 Å². The van der Waals surface area contributed by atoms with Gasteiger partial charge in [-0.15, -0.1) is 0 Å². The number of rotatable bonds is 2. The Hall–Kier alpha value is -2.86. The van der Waals surface area contributed by atoms with Crippen molar-refractivity contribution in [3.05, 3.63) is 71.9 Å². The molecule has 0 amide bonds. The van der Waals surface area contributed by atoms with E-state index < -0.39 is 0 Å². The predicted molar refractivity (Wildman–Crippen MR) is 78.5 cm³/mol. The average Bonchev–Trinajstić information content (AvgIpc) is 2.98. The van der Waals surface area contributed by atoms with Crippen LogP contribution in [-0.2, 0) is 0 Å². The maximum atomic E-state index is 8.80. The molecule has 96 valence electrons. The molecule has 1 heterocycles. The minimum Gasteiger partial charge on any atom is -0.240 e. The molecular formula is C17H13N3. The second-order valence-corrected chi connectivity index (χ2v) is 4.67. The Morgan fingerprint density at radius 2 is 1.65 bits per heavy atom. The number of hydrogen-bond acceptors (Lipinski definition) is 2. The summed E-state index contributed by atoms with van der Waals surface area (Å²) in [5, 5.41) is 13.4. The van der Waals surface area contributed by atoms with E-state index in [2.05, 4.69) is 42.4 Å². The molecular weight excluding hydrogens is 246 g/mol. The van der Waals surface area contributed by atoms with Gasteiger partial charge in [0.25, 0.3) is 0 Å². The maximum absolute atomic E-state index is 8.80. The van der Waals surface area contributed by atoms with Crippen LogP contribution in [0, 0.1) is 18.3 Å². The molecule has 20 heavy (non-hydrogen) atoms. The van der Waals surface area contributed by atoms with E-state index in [1.165, 1.54) is 5.56 Å². The van der Waals surface area contributed by atoms with E-state index in [0.717, 1.165) is 16.9 Å². The van der Waals surface area contributed by atoms with Crippen molar-refractivity contribution in [2.24, 2.45) is 0 Å². The lowest BCUT2D eigenvalue weighted by atomic mass is 10.1. The van der Waals surface area contributed by atoms with Crippen LogP contribution in [0.3, 0.4) is 0 Å². The van der Waals surface area contributed by atoms with Crippen molar-refractivity contribution in [2.45, 2.75) is 6.92 Å². The molecule has 0 fully saturated rings. The Kier molecular flexibility index (Phi) is 3.06. The van der Waals surface area contributed by atoms with E-state index in [0.29, 0.717) is 5.56 Å². The van der Waals surface area contributed by atoms with Gasteiger partial charge in [0.2, 0.25) is 0 Å². The molecule has 3 nitrogen and oxygen atoms in total. The summed E-state index contributed by atoms with van der Waals surface area (Å²) in [5.41, 5.74) is 4.87. The highest BCUT2D eigenvalue weighted by Gasteiger charge is 2.03. The molecule has 0 spiro atoms. The summed E-state index contributed by atoms with van der Waals surface area (Å²) in [5.74, 6) is 0. The van der Waals surface area contributed by atoms with Gasteiger partial charge >= 0.3 is 0 Å². The molecule has 0 radical (unpaired) electrons. The van der Waals surface area contributed by atoms with Gasteiger partial charge in [0, 0.05) is 11.8 Å². The molecule has 0 aliphatic carbocycles. The summed E-state index contributed by atoms with van der Waals surface area (Å²) in [6, 6.07) is 19.8. The van der Waals surface area contributed by atoms with Gasteiger partial charge in [-0.3, -0.25) is 0 Å². The number of nitriles is 1. The van der Waals surface area contributed by atoms with Crippen LogP contribution < -0.4 is 0 Å². The summed E-state index contributed by atoms with van der Waals surface area (Å²) < 4.78 is 1.82. The summed E-state index contributed by atoms with van der Waals surface area (Å²) in [6.07, 6.45) is 1.93. The molecule has 0 aliphatic rings. The fourth-order valence-corrected chi connectivity index (χ4v) is 2.03. The predicted octanol–water partition coefficient (Wildman–Crippen LogP) is 3.72. The normalized spacial score (nSPS) is 10.2. The lowest BCUT2D eigenvalue weighted by Crippen LogP contribution is -1.94. The monoisotopic (exact) mass is 259 g/mol. The molecule has 0 N–H and O–H groups in total. The summed E-state index contributed by atoms with van der Waals surface area (Å²) in [6.45, 7) is 2.07. The maximum Gasteiger partial charge on any atom is 0.0991 e. The zero-order valence-electron chi connectivity index (χ0n) is 11.1. The Labute approximate surface area is 117 Å². The number of hydrogen-bond donors (Lipinski definition) is 0. The number of aromatic nitrogens is 2. The van der Waals surface area contributed by atoms with Crippen LogP contribution in [0.2, 0.25) is 0 Å². The molecule has 1 aromatic heterocycles. The first-order valence-corrected chi connectivity index (χ1v) is 6.39. The van der Waals surface area contributed by atoms with Crippen LogP contribution in [0.15, 0.2) is 60.8 Å². The second-order valence-electron chi connectivity index (χ2n) is 4.67. The van der Waals surface area contributed by atoms with Crippen molar-refractivity contribution in [1.29, 1.82) is 5.26 Å². The number of aryl methyl sites for hydroxylation is 1. The van der Waals surface area contributed by atoms with Crippen LogP contribution in [0.1, 0.15) is 11.1 Å². The Morgan fingerprint density at radius 3 is 2.30 bits per heavy atom. The summed E-state index contributed by atoms with van der Waals surface area (Å²) >= 11 is 0. The highest BCUT2D eigenvalue weighted by molar-refractivity contribution is 5.59. The largest absolute Gasteiger partial charge is 0.240 e. The molecule has 0 atom stereocenters. The third-order valence-electron chi connectivity index (χ3n) is 3.20. The molecule has 0 saturated heterocycles. The average molecular weight is 259 g/mol. The molecule has 3 heteroatoms. The Morgan fingerprint density at radius 1 is 0.950 bits per heavy atom. The van der Waals surface area contributed by atoms with Gasteiger partial charge in [-0.2, -0.15) is 10.4 Å². The van der Waals surface area contributed by atoms with Crippen LogP contribution in [0.4, 0.5) is 0 Å². The topological polar surface area (TPSA) is 41.6 Å². The number of benzene rings is 2. The number of nitrogens with zero attached hydrogens (tertiary/aromatic N) is 3. The molecule has 3 aromatic rings. The first-order valence-electron chi connectivity index (χ1n) is 6.39. The van der Waals surface area contributed by atoms with Crippen LogP contribution >= 0.6 is 0 Å². The second kappa shape index (κ2) is 5.02. The molecule has 0 saturated carbocycles. The van der Waals surface area contributed by atoms with Crippen molar-refractivity contribution in [3.8, 4) is 23.0 Å². The highest BCUT2D eigenvalue weighted by Crippen LogP contribution is 2.19. The highest BCUT2D eigenvalue weighted by atomic mass is 15.3. The van der Waals surface area contributed by atoms with Crippen molar-refractivity contribution < 1.29 is 0 Å². The van der Waals surface area contributed by atoms with Gasteiger partial charge in [-0.25, -0.2) is 4.68 Å². The summed E-state index contributed by atoms with van der Waals surface area (Å²) in [7, 11) is 0. The molecule has 0 bridgehead atoms. The van der Waals surface area contributed by atoms with E-state index in [1.807, 2.05) is 29.1 Å². The fraction of sp³-hybridized carbons (Fsp3) is 0.0588. The molecule has 0 unspecified atom stereocenters. The van der Waals surface area contributed by atoms with Gasteiger partial charge in [0.15, 0.2) is 0 Å². The first kappa shape index (κ1) is 12.2. The van der Waals surface area contributed by atoms with Crippen molar-refractivity contribution in [3.63, 3.8) is 0 Å². The lowest BCUT2D eigenvalue weighted by Gasteiger charge is -2.01. The fourth-order valence-electron chi connectivity index (χ4n) is 2.03. The van der Waals surface area contributed by atoms with Crippen molar-refractivity contribution >= 4 is 0 Å². The van der Waals surface area contributed by atoms with Crippen LogP contribution in [0.25, 0.3) is 16.9 Å². The van der Waals surface area contributed by atoms with E-state index in [1.54, 1.807) is 12.1 Å². The molecule has 0 aliphatic heterocycles. The zero-order valence-corrected chi connectivity index (χ0v) is 11.1. The van der Waals surface area contributed by atoms with Crippen LogP contribution in [-0.4, -0.2) is 9.78 Å². The minimum absolute atomic E-state index is 0.652. The van der Waals surface area contributed by atoms with Crippen LogP contribution in [0.5, 0.6) is 0 Å². The quantitative estimate of drug-likeness (QED) is 0.703. The molecule has 3 rings (SSSR count). The Bertz CT molecular complexity index is 759. The van der Waals surface area contributed by atoms with Gasteiger partial charge < -0.3 is 0 Å². The molecule has 2 aromatic carbocycles. The minimum atomic E-state index is 0.652. The van der Waals surface area contributed by atoms with E-state index in [9.17, 15) is 0 Å². The third kappa shape index (κ3) is 2.32.